The van der Waals surface area contributed by atoms with Gasteiger partial charge in [-0.2, -0.15) is 0 Å². The Kier molecular flexibility index (Phi) is 6.07. The highest BCUT2D eigenvalue weighted by atomic mass is 35.5. The summed E-state index contributed by atoms with van der Waals surface area (Å²) in [5, 5.41) is 3.43. The van der Waals surface area contributed by atoms with Crippen LogP contribution in [-0.2, 0) is 11.3 Å². The van der Waals surface area contributed by atoms with Crippen molar-refractivity contribution in [2.45, 2.75) is 38.3 Å². The average Bonchev–Trinajstić information content (AvgIpc) is 3.07. The summed E-state index contributed by atoms with van der Waals surface area (Å²) in [5.41, 5.74) is 0. The topological polar surface area (TPSA) is 32.3 Å². The van der Waals surface area contributed by atoms with Gasteiger partial charge in [0.15, 0.2) is 0 Å². The Morgan fingerprint density at radius 3 is 3.05 bits per heavy atom. The molecule has 0 aliphatic carbocycles. The van der Waals surface area contributed by atoms with E-state index in [1.807, 2.05) is 17.0 Å². The monoisotopic (exact) mass is 312 g/mol. The molecule has 1 atom stereocenters. The number of nitrogens with zero attached hydrogens (tertiary/aromatic N) is 1. The predicted molar refractivity (Wildman–Crippen MR) is 85.2 cm³/mol. The van der Waals surface area contributed by atoms with Gasteiger partial charge < -0.3 is 10.2 Å². The summed E-state index contributed by atoms with van der Waals surface area (Å²) < 4.78 is 0.765. The third-order valence-electron chi connectivity index (χ3n) is 3.55. The zero-order valence-electron chi connectivity index (χ0n) is 11.6. The lowest BCUT2D eigenvalue weighted by atomic mass is 10.1. The Hall–Kier alpha value is -0.840. The fourth-order valence-electron chi connectivity index (χ4n) is 2.49. The van der Waals surface area contributed by atoms with Crippen molar-refractivity contribution in [3.05, 3.63) is 34.0 Å². The highest BCUT2D eigenvalue weighted by molar-refractivity contribution is 7.16. The van der Waals surface area contributed by atoms with Crippen molar-refractivity contribution < 1.29 is 4.79 Å². The van der Waals surface area contributed by atoms with Gasteiger partial charge in [0.25, 0.3) is 0 Å². The second-order valence-corrected chi connectivity index (χ2v) is 6.90. The maximum absolute atomic E-state index is 12.3. The molecule has 1 aromatic rings. The number of halogens is 1. The molecule has 1 amide bonds. The Morgan fingerprint density at radius 1 is 1.60 bits per heavy atom. The molecule has 2 heterocycles. The van der Waals surface area contributed by atoms with Gasteiger partial charge in [-0.15, -0.1) is 17.9 Å². The van der Waals surface area contributed by atoms with E-state index in [1.165, 1.54) is 24.2 Å². The van der Waals surface area contributed by atoms with E-state index in [9.17, 15) is 4.79 Å². The molecule has 5 heteroatoms. The maximum Gasteiger partial charge on any atom is 0.223 e. The largest absolute Gasteiger partial charge is 0.334 e. The lowest BCUT2D eigenvalue weighted by Gasteiger charge is -2.21. The molecule has 1 unspecified atom stereocenters. The number of nitrogens with one attached hydrogen (secondary N) is 1. The van der Waals surface area contributed by atoms with Crippen molar-refractivity contribution in [3.8, 4) is 0 Å². The first-order valence-electron chi connectivity index (χ1n) is 7.05. The zero-order chi connectivity index (χ0) is 14.4. The molecule has 1 N–H and O–H groups in total. The number of amides is 1. The smallest absolute Gasteiger partial charge is 0.223 e. The summed E-state index contributed by atoms with van der Waals surface area (Å²) >= 11 is 7.46. The number of rotatable bonds is 7. The lowest BCUT2D eigenvalue weighted by molar-refractivity contribution is -0.131. The summed E-state index contributed by atoms with van der Waals surface area (Å²) in [7, 11) is 0. The lowest BCUT2D eigenvalue weighted by Crippen LogP contribution is -2.32. The van der Waals surface area contributed by atoms with Crippen LogP contribution < -0.4 is 5.32 Å². The van der Waals surface area contributed by atoms with E-state index in [4.69, 9.17) is 11.6 Å². The van der Waals surface area contributed by atoms with E-state index >= 15 is 0 Å². The molecule has 1 saturated heterocycles. The van der Waals surface area contributed by atoms with Gasteiger partial charge in [-0.1, -0.05) is 17.7 Å². The molecule has 110 valence electrons. The molecular weight excluding hydrogens is 292 g/mol. The van der Waals surface area contributed by atoms with Crippen molar-refractivity contribution in [3.63, 3.8) is 0 Å². The summed E-state index contributed by atoms with van der Waals surface area (Å²) in [6, 6.07) is 4.37. The van der Waals surface area contributed by atoms with Crippen molar-refractivity contribution in [2.24, 2.45) is 0 Å². The van der Waals surface area contributed by atoms with Crippen LogP contribution in [0.25, 0.3) is 0 Å². The Morgan fingerprint density at radius 2 is 2.45 bits per heavy atom. The van der Waals surface area contributed by atoms with Crippen molar-refractivity contribution in [2.75, 3.05) is 13.1 Å². The van der Waals surface area contributed by atoms with Crippen LogP contribution in [0.1, 0.15) is 30.6 Å². The Labute approximate surface area is 129 Å². The molecule has 0 radical (unpaired) electrons. The highest BCUT2D eigenvalue weighted by Gasteiger charge is 2.18. The molecule has 2 rings (SSSR count). The predicted octanol–water partition coefficient (Wildman–Crippen LogP) is 3.45. The van der Waals surface area contributed by atoms with Gasteiger partial charge in [-0.3, -0.25) is 4.79 Å². The molecule has 1 fully saturated rings. The zero-order valence-corrected chi connectivity index (χ0v) is 13.2. The quantitative estimate of drug-likeness (QED) is 0.782. The fraction of sp³-hybridized carbons (Fsp3) is 0.533. The van der Waals surface area contributed by atoms with Crippen LogP contribution in [0.4, 0.5) is 0 Å². The highest BCUT2D eigenvalue weighted by Crippen LogP contribution is 2.23. The molecule has 1 aliphatic heterocycles. The minimum Gasteiger partial charge on any atom is -0.334 e. The van der Waals surface area contributed by atoms with Crippen LogP contribution in [0.3, 0.4) is 0 Å². The number of hydrogen-bond acceptors (Lipinski definition) is 3. The molecule has 0 aromatic carbocycles. The molecule has 0 saturated carbocycles. The van der Waals surface area contributed by atoms with E-state index in [-0.39, 0.29) is 5.91 Å². The molecule has 20 heavy (non-hydrogen) atoms. The first-order chi connectivity index (χ1) is 9.69. The second-order valence-electron chi connectivity index (χ2n) is 5.10. The normalized spacial score (nSPS) is 18.1. The second kappa shape index (κ2) is 7.81. The van der Waals surface area contributed by atoms with Gasteiger partial charge in [0.2, 0.25) is 5.91 Å². The van der Waals surface area contributed by atoms with Gasteiger partial charge in [-0.25, -0.2) is 0 Å². The van der Waals surface area contributed by atoms with Crippen LogP contribution in [0.5, 0.6) is 0 Å². The standard InChI is InChI=1S/C15H21ClN2OS/c1-2-10-18(11-13-6-7-14(16)20-13)15(19)8-5-12-4-3-9-17-12/h2,6-7,12,17H,1,3-5,8-11H2. The number of thiophene rings is 1. The Balaban J connectivity index is 1.85. The molecule has 1 aromatic heterocycles. The van der Waals surface area contributed by atoms with Gasteiger partial charge in [-0.05, 0) is 37.9 Å². The van der Waals surface area contributed by atoms with Gasteiger partial charge in [0, 0.05) is 23.9 Å². The first kappa shape index (κ1) is 15.5. The van der Waals surface area contributed by atoms with Crippen LogP contribution in [0, 0.1) is 0 Å². The third kappa shape index (κ3) is 4.62. The molecule has 0 spiro atoms. The van der Waals surface area contributed by atoms with Crippen LogP contribution in [-0.4, -0.2) is 29.9 Å². The number of carbonyl (C=O) groups excluding carboxylic acids is 1. The summed E-state index contributed by atoms with van der Waals surface area (Å²) in [4.78, 5) is 15.3. The number of hydrogen-bond donors (Lipinski definition) is 1. The molecule has 3 nitrogen and oxygen atoms in total. The summed E-state index contributed by atoms with van der Waals surface area (Å²) in [5.74, 6) is 0.197. The molecular formula is C15H21ClN2OS. The number of carbonyl (C=O) groups is 1. The molecule has 0 bridgehead atoms. The van der Waals surface area contributed by atoms with Crippen LogP contribution >= 0.6 is 22.9 Å². The third-order valence-corrected chi connectivity index (χ3v) is 4.76. The van der Waals surface area contributed by atoms with E-state index < -0.39 is 0 Å². The first-order valence-corrected chi connectivity index (χ1v) is 8.24. The molecule has 1 aliphatic rings. The van der Waals surface area contributed by atoms with E-state index in [0.717, 1.165) is 22.2 Å². The average molecular weight is 313 g/mol. The van der Waals surface area contributed by atoms with E-state index in [1.54, 1.807) is 6.08 Å². The van der Waals surface area contributed by atoms with Crippen molar-refractivity contribution in [1.82, 2.24) is 10.2 Å². The SMILES string of the molecule is C=CCN(Cc1ccc(Cl)s1)C(=O)CCC1CCCN1. The van der Waals surface area contributed by atoms with Crippen LogP contribution in [0.2, 0.25) is 4.34 Å². The van der Waals surface area contributed by atoms with Gasteiger partial charge in [0.05, 0.1) is 10.9 Å². The maximum atomic E-state index is 12.3. The van der Waals surface area contributed by atoms with Crippen molar-refractivity contribution >= 4 is 28.8 Å². The van der Waals surface area contributed by atoms with Crippen molar-refractivity contribution in [1.29, 1.82) is 0 Å². The van der Waals surface area contributed by atoms with E-state index in [2.05, 4.69) is 11.9 Å². The van der Waals surface area contributed by atoms with E-state index in [0.29, 0.717) is 25.6 Å². The Bertz CT molecular complexity index is 454. The van der Waals surface area contributed by atoms with Gasteiger partial charge >= 0.3 is 0 Å². The van der Waals surface area contributed by atoms with Crippen LogP contribution in [0.15, 0.2) is 24.8 Å². The van der Waals surface area contributed by atoms with Gasteiger partial charge in [0.1, 0.15) is 0 Å². The minimum absolute atomic E-state index is 0.197. The minimum atomic E-state index is 0.197. The fourth-order valence-corrected chi connectivity index (χ4v) is 3.60. The summed E-state index contributed by atoms with van der Waals surface area (Å²) in [6.45, 7) is 6.04. The summed E-state index contributed by atoms with van der Waals surface area (Å²) in [6.07, 6.45) is 5.72.